The van der Waals surface area contributed by atoms with E-state index < -0.39 is 0 Å². The first kappa shape index (κ1) is 14.1. The highest BCUT2D eigenvalue weighted by Crippen LogP contribution is 2.16. The summed E-state index contributed by atoms with van der Waals surface area (Å²) in [7, 11) is 1.67. The van der Waals surface area contributed by atoms with E-state index in [1.165, 1.54) is 12.5 Å². The Kier molecular flexibility index (Phi) is 4.77. The smallest absolute Gasteiger partial charge is 0.221 e. The van der Waals surface area contributed by atoms with Gasteiger partial charge in [0.25, 0.3) is 0 Å². The topological polar surface area (TPSA) is 38.3 Å². The first-order chi connectivity index (χ1) is 9.67. The maximum Gasteiger partial charge on any atom is 0.221 e. The Morgan fingerprint density at radius 2 is 2.10 bits per heavy atom. The number of amides is 1. The number of carbonyl (C=O) groups excluding carboxylic acids is 1. The second-order valence-corrected chi connectivity index (χ2v) is 4.64. The van der Waals surface area contributed by atoms with Crippen molar-refractivity contribution in [3.05, 3.63) is 59.7 Å². The third kappa shape index (κ3) is 4.12. The van der Waals surface area contributed by atoms with E-state index in [0.717, 1.165) is 29.8 Å². The maximum absolute atomic E-state index is 11.0. The number of hydrogen-bond donors (Lipinski definition) is 1. The number of benzene rings is 2. The van der Waals surface area contributed by atoms with Crippen molar-refractivity contribution in [3.8, 4) is 5.75 Å². The minimum absolute atomic E-state index is 0.0602. The SMILES string of the molecule is COc1cccc(CCc2[c]ccc(NC(C)=O)c2)c1. The Hall–Kier alpha value is -2.29. The van der Waals surface area contributed by atoms with Gasteiger partial charge in [-0.1, -0.05) is 18.2 Å². The van der Waals surface area contributed by atoms with Gasteiger partial charge >= 0.3 is 0 Å². The van der Waals surface area contributed by atoms with Crippen molar-refractivity contribution < 1.29 is 9.53 Å². The molecule has 0 unspecified atom stereocenters. The number of aryl methyl sites for hydroxylation is 2. The van der Waals surface area contributed by atoms with Gasteiger partial charge in [0.15, 0.2) is 0 Å². The lowest BCUT2D eigenvalue weighted by Gasteiger charge is -2.07. The van der Waals surface area contributed by atoms with Gasteiger partial charge in [-0.25, -0.2) is 0 Å². The lowest BCUT2D eigenvalue weighted by atomic mass is 10.0. The lowest BCUT2D eigenvalue weighted by molar-refractivity contribution is -0.114. The fourth-order valence-electron chi connectivity index (χ4n) is 2.05. The molecule has 0 saturated heterocycles. The van der Waals surface area contributed by atoms with E-state index in [2.05, 4.69) is 17.4 Å². The number of rotatable bonds is 5. The largest absolute Gasteiger partial charge is 0.497 e. The molecular formula is C17H18NO2. The monoisotopic (exact) mass is 268 g/mol. The third-order valence-electron chi connectivity index (χ3n) is 3.00. The van der Waals surface area contributed by atoms with Gasteiger partial charge in [-0.2, -0.15) is 0 Å². The molecule has 0 heterocycles. The number of ether oxygens (including phenoxy) is 1. The van der Waals surface area contributed by atoms with Crippen LogP contribution in [0.3, 0.4) is 0 Å². The van der Waals surface area contributed by atoms with Crippen LogP contribution in [0.25, 0.3) is 0 Å². The van der Waals surface area contributed by atoms with Gasteiger partial charge in [-0.05, 0) is 54.3 Å². The van der Waals surface area contributed by atoms with Crippen LogP contribution in [-0.2, 0) is 17.6 Å². The van der Waals surface area contributed by atoms with Crippen LogP contribution in [0.15, 0.2) is 42.5 Å². The third-order valence-corrected chi connectivity index (χ3v) is 3.00. The molecule has 0 fully saturated rings. The van der Waals surface area contributed by atoms with Crippen molar-refractivity contribution >= 4 is 11.6 Å². The second kappa shape index (κ2) is 6.75. The molecule has 2 aromatic rings. The van der Waals surface area contributed by atoms with E-state index in [4.69, 9.17) is 4.74 Å². The van der Waals surface area contributed by atoms with Gasteiger partial charge in [-0.3, -0.25) is 4.79 Å². The molecule has 0 saturated carbocycles. The molecule has 3 nitrogen and oxygen atoms in total. The predicted octanol–water partition coefficient (Wildman–Crippen LogP) is 3.24. The Labute approximate surface area is 119 Å². The summed E-state index contributed by atoms with van der Waals surface area (Å²) >= 11 is 0. The molecule has 0 aliphatic heterocycles. The van der Waals surface area contributed by atoms with Crippen LogP contribution in [0, 0.1) is 6.07 Å². The summed E-state index contributed by atoms with van der Waals surface area (Å²) in [4.78, 5) is 11.0. The first-order valence-electron chi connectivity index (χ1n) is 6.58. The van der Waals surface area contributed by atoms with Crippen molar-refractivity contribution in [2.24, 2.45) is 0 Å². The van der Waals surface area contributed by atoms with Crippen LogP contribution in [0.1, 0.15) is 18.1 Å². The number of carbonyl (C=O) groups is 1. The van der Waals surface area contributed by atoms with E-state index in [-0.39, 0.29) is 5.91 Å². The number of hydrogen-bond acceptors (Lipinski definition) is 2. The summed E-state index contributed by atoms with van der Waals surface area (Å²) < 4.78 is 5.21. The maximum atomic E-state index is 11.0. The van der Waals surface area contributed by atoms with Crippen LogP contribution in [0.4, 0.5) is 5.69 Å². The van der Waals surface area contributed by atoms with E-state index >= 15 is 0 Å². The summed E-state index contributed by atoms with van der Waals surface area (Å²) in [6.07, 6.45) is 1.79. The van der Waals surface area contributed by atoms with Gasteiger partial charge < -0.3 is 10.1 Å². The molecule has 1 radical (unpaired) electrons. The molecule has 0 spiro atoms. The Balaban J connectivity index is 2.01. The molecule has 1 amide bonds. The molecule has 2 rings (SSSR count). The summed E-state index contributed by atoms with van der Waals surface area (Å²) in [5.41, 5.74) is 3.12. The minimum atomic E-state index is -0.0602. The average molecular weight is 268 g/mol. The highest BCUT2D eigenvalue weighted by atomic mass is 16.5. The van der Waals surface area contributed by atoms with Crippen LogP contribution < -0.4 is 10.1 Å². The molecule has 20 heavy (non-hydrogen) atoms. The molecule has 0 aromatic heterocycles. The Morgan fingerprint density at radius 3 is 2.85 bits per heavy atom. The van der Waals surface area contributed by atoms with Crippen molar-refractivity contribution in [1.29, 1.82) is 0 Å². The minimum Gasteiger partial charge on any atom is -0.497 e. The fraction of sp³-hybridized carbons (Fsp3) is 0.235. The highest BCUT2D eigenvalue weighted by molar-refractivity contribution is 5.88. The summed E-state index contributed by atoms with van der Waals surface area (Å²) in [6, 6.07) is 16.9. The number of methoxy groups -OCH3 is 1. The van der Waals surface area contributed by atoms with Gasteiger partial charge in [0.1, 0.15) is 5.75 Å². The zero-order chi connectivity index (χ0) is 14.4. The van der Waals surface area contributed by atoms with Gasteiger partial charge in [0.05, 0.1) is 7.11 Å². The van der Waals surface area contributed by atoms with Crippen molar-refractivity contribution in [2.75, 3.05) is 12.4 Å². The Bertz CT molecular complexity index is 593. The molecule has 3 heteroatoms. The first-order valence-corrected chi connectivity index (χ1v) is 6.58. The van der Waals surface area contributed by atoms with Crippen molar-refractivity contribution in [1.82, 2.24) is 0 Å². The summed E-state index contributed by atoms with van der Waals surface area (Å²) in [5, 5.41) is 2.78. The van der Waals surface area contributed by atoms with E-state index in [0.29, 0.717) is 0 Å². The van der Waals surface area contributed by atoms with Crippen LogP contribution >= 0.6 is 0 Å². The van der Waals surface area contributed by atoms with E-state index in [1.54, 1.807) is 7.11 Å². The quantitative estimate of drug-likeness (QED) is 0.904. The van der Waals surface area contributed by atoms with Crippen LogP contribution in [0.2, 0.25) is 0 Å². The van der Waals surface area contributed by atoms with Crippen molar-refractivity contribution in [3.63, 3.8) is 0 Å². The molecule has 0 aliphatic carbocycles. The summed E-state index contributed by atoms with van der Waals surface area (Å²) in [6.45, 7) is 1.51. The van der Waals surface area contributed by atoms with Gasteiger partial charge in [0, 0.05) is 12.6 Å². The van der Waals surface area contributed by atoms with E-state index in [1.807, 2.05) is 36.4 Å². The number of anilines is 1. The Morgan fingerprint density at radius 1 is 1.25 bits per heavy atom. The molecular weight excluding hydrogens is 250 g/mol. The standard InChI is InChI=1S/C17H18NO2/c1-13(19)18-16-7-3-5-14(11-16)9-10-15-6-4-8-17(12-15)20-2/h3-4,6-8,11-12H,9-10H2,1-2H3,(H,18,19). The normalized spacial score (nSPS) is 10.1. The van der Waals surface area contributed by atoms with Gasteiger partial charge in [-0.15, -0.1) is 0 Å². The molecule has 0 atom stereocenters. The molecule has 0 bridgehead atoms. The molecule has 103 valence electrons. The molecule has 0 aliphatic rings. The zero-order valence-corrected chi connectivity index (χ0v) is 11.8. The van der Waals surface area contributed by atoms with Crippen LogP contribution in [-0.4, -0.2) is 13.0 Å². The predicted molar refractivity (Wildman–Crippen MR) is 80.0 cm³/mol. The van der Waals surface area contributed by atoms with E-state index in [9.17, 15) is 4.79 Å². The summed E-state index contributed by atoms with van der Waals surface area (Å²) in [5.74, 6) is 0.813. The molecule has 2 aromatic carbocycles. The lowest BCUT2D eigenvalue weighted by Crippen LogP contribution is -2.06. The number of nitrogens with one attached hydrogen (secondary N) is 1. The molecule has 1 N–H and O–H groups in total. The van der Waals surface area contributed by atoms with Crippen LogP contribution in [0.5, 0.6) is 5.75 Å². The van der Waals surface area contributed by atoms with Crippen molar-refractivity contribution in [2.45, 2.75) is 19.8 Å². The highest BCUT2D eigenvalue weighted by Gasteiger charge is 2.01. The second-order valence-electron chi connectivity index (χ2n) is 4.64. The van der Waals surface area contributed by atoms with Gasteiger partial charge in [0.2, 0.25) is 5.91 Å². The average Bonchev–Trinajstić information content (AvgIpc) is 2.45. The fourth-order valence-corrected chi connectivity index (χ4v) is 2.05. The zero-order valence-electron chi connectivity index (χ0n) is 11.8.